The molecule has 0 spiro atoms. The van der Waals surface area contributed by atoms with Gasteiger partial charge in [0, 0.05) is 24.2 Å². The van der Waals surface area contributed by atoms with Gasteiger partial charge in [0.05, 0.1) is 12.0 Å². The van der Waals surface area contributed by atoms with Crippen molar-refractivity contribution in [3.8, 4) is 0 Å². The Balaban J connectivity index is 1.53. The maximum Gasteiger partial charge on any atom is 0.431 e. The molecule has 0 bridgehead atoms. The Bertz CT molecular complexity index is 1140. The third kappa shape index (κ3) is 3.80. The summed E-state index contributed by atoms with van der Waals surface area (Å²) in [6.45, 7) is 1.05. The van der Waals surface area contributed by atoms with Gasteiger partial charge < -0.3 is 10.1 Å². The number of aromatic amines is 1. The Morgan fingerprint density at radius 1 is 1.22 bits per heavy atom. The van der Waals surface area contributed by atoms with Crippen molar-refractivity contribution in [2.45, 2.75) is 49.9 Å². The molecule has 1 aromatic carbocycles. The first-order valence-corrected chi connectivity index (χ1v) is 10.8. The number of aliphatic hydroxyl groups excluding tert-OH is 1. The molecule has 3 heterocycles. The van der Waals surface area contributed by atoms with E-state index in [0.29, 0.717) is 0 Å². The molecule has 168 valence electrons. The molecule has 3 atom stereocenters. The van der Waals surface area contributed by atoms with Crippen LogP contribution in [-0.2, 0) is 12.6 Å². The summed E-state index contributed by atoms with van der Waals surface area (Å²) in [4.78, 5) is 17.3. The summed E-state index contributed by atoms with van der Waals surface area (Å²) >= 11 is 0. The molecule has 0 radical (unpaired) electrons. The molecule has 2 N–H and O–H groups in total. The maximum atomic E-state index is 13.2. The number of benzene rings is 1. The SMILES string of the molecule is OC[C@@H]1CCCN1[C@H]1CCc2ccccc2C1C=Nc1ncnc2[nH]c(C(F)(F)F)cc12. The molecule has 6 nitrogen and oxygen atoms in total. The zero-order chi connectivity index (χ0) is 22.3. The highest BCUT2D eigenvalue weighted by Gasteiger charge is 2.38. The molecule has 3 aromatic rings. The topological polar surface area (TPSA) is 77.4 Å². The van der Waals surface area contributed by atoms with Gasteiger partial charge >= 0.3 is 6.18 Å². The van der Waals surface area contributed by atoms with Gasteiger partial charge in [0.25, 0.3) is 0 Å². The van der Waals surface area contributed by atoms with Crippen molar-refractivity contribution in [3.63, 3.8) is 0 Å². The minimum atomic E-state index is -4.50. The second-order valence-electron chi connectivity index (χ2n) is 8.47. The minimum absolute atomic E-state index is 0.0434. The number of fused-ring (bicyclic) bond motifs is 2. The first kappa shape index (κ1) is 21.1. The summed E-state index contributed by atoms with van der Waals surface area (Å²) in [5.74, 6) is 0.168. The van der Waals surface area contributed by atoms with Crippen molar-refractivity contribution in [3.05, 3.63) is 53.5 Å². The second-order valence-corrected chi connectivity index (χ2v) is 8.47. The molecular weight excluding hydrogens is 419 g/mol. The van der Waals surface area contributed by atoms with Crippen molar-refractivity contribution < 1.29 is 18.3 Å². The van der Waals surface area contributed by atoms with Gasteiger partial charge in [-0.05, 0) is 49.4 Å². The average Bonchev–Trinajstić information content (AvgIpc) is 3.44. The van der Waals surface area contributed by atoms with Gasteiger partial charge in [-0.2, -0.15) is 13.2 Å². The van der Waals surface area contributed by atoms with Gasteiger partial charge in [0.15, 0.2) is 5.82 Å². The fraction of sp³-hybridized carbons (Fsp3) is 0.435. The van der Waals surface area contributed by atoms with Gasteiger partial charge in [-0.3, -0.25) is 4.90 Å². The third-order valence-corrected chi connectivity index (χ3v) is 6.67. The molecule has 1 fully saturated rings. The molecule has 0 saturated carbocycles. The van der Waals surface area contributed by atoms with Crippen molar-refractivity contribution in [2.24, 2.45) is 4.99 Å². The maximum absolute atomic E-state index is 13.2. The van der Waals surface area contributed by atoms with Crippen molar-refractivity contribution in [2.75, 3.05) is 13.2 Å². The van der Waals surface area contributed by atoms with Crippen LogP contribution in [0, 0.1) is 0 Å². The van der Waals surface area contributed by atoms with Crippen molar-refractivity contribution in [1.82, 2.24) is 19.9 Å². The zero-order valence-corrected chi connectivity index (χ0v) is 17.4. The van der Waals surface area contributed by atoms with E-state index in [2.05, 4.69) is 37.0 Å². The number of aromatic nitrogens is 3. The quantitative estimate of drug-likeness (QED) is 0.592. The number of aliphatic imine (C=N–C) groups is 1. The fourth-order valence-corrected chi connectivity index (χ4v) is 5.15. The Kier molecular flexibility index (Phi) is 5.46. The summed E-state index contributed by atoms with van der Waals surface area (Å²) in [6.07, 6.45) is 2.44. The first-order chi connectivity index (χ1) is 15.5. The Morgan fingerprint density at radius 2 is 2.06 bits per heavy atom. The van der Waals surface area contributed by atoms with Crippen LogP contribution in [0.15, 0.2) is 41.7 Å². The molecule has 2 aliphatic rings. The van der Waals surface area contributed by atoms with Crippen LogP contribution >= 0.6 is 0 Å². The van der Waals surface area contributed by atoms with Gasteiger partial charge in [0.1, 0.15) is 17.7 Å². The number of H-pyrrole nitrogens is 1. The van der Waals surface area contributed by atoms with E-state index in [9.17, 15) is 18.3 Å². The number of aliphatic hydroxyl groups is 1. The van der Waals surface area contributed by atoms with E-state index in [4.69, 9.17) is 0 Å². The highest BCUT2D eigenvalue weighted by Crippen LogP contribution is 2.38. The Hall–Kier alpha value is -2.78. The van der Waals surface area contributed by atoms with Gasteiger partial charge in [-0.1, -0.05) is 24.3 Å². The second kappa shape index (κ2) is 8.29. The molecule has 5 rings (SSSR count). The fourth-order valence-electron chi connectivity index (χ4n) is 5.15. The molecule has 1 aliphatic heterocycles. The number of alkyl halides is 3. The lowest BCUT2D eigenvalue weighted by atomic mass is 9.79. The van der Waals surface area contributed by atoms with Crippen LogP contribution in [0.2, 0.25) is 0 Å². The monoisotopic (exact) mass is 443 g/mol. The molecule has 9 heteroatoms. The highest BCUT2D eigenvalue weighted by molar-refractivity contribution is 5.88. The standard InChI is InChI=1S/C23H24F3N5O/c24-23(25,26)20-10-17-21(28-13-29-22(17)30-20)27-11-18-16-6-2-1-4-14(16)7-8-19(18)31-9-3-5-15(31)12-32/h1-2,4,6,10-11,13,15,18-19,32H,3,5,7-9,12H2,(H,28,29,30)/t15-,18?,19-/m0/s1. The summed E-state index contributed by atoms with van der Waals surface area (Å²) in [5, 5.41) is 10.1. The van der Waals surface area contributed by atoms with Crippen LogP contribution in [0.3, 0.4) is 0 Å². The number of aryl methyl sites for hydroxylation is 1. The van der Waals surface area contributed by atoms with Gasteiger partial charge in [-0.15, -0.1) is 0 Å². The van der Waals surface area contributed by atoms with Crippen LogP contribution in [0.4, 0.5) is 19.0 Å². The van der Waals surface area contributed by atoms with E-state index in [1.807, 2.05) is 18.3 Å². The lowest BCUT2D eigenvalue weighted by Crippen LogP contribution is -2.46. The lowest BCUT2D eigenvalue weighted by Gasteiger charge is -2.40. The molecule has 0 amide bonds. The van der Waals surface area contributed by atoms with Crippen LogP contribution in [0.5, 0.6) is 0 Å². The average molecular weight is 443 g/mol. The number of likely N-dealkylation sites (tertiary alicyclic amines) is 1. The summed E-state index contributed by atoms with van der Waals surface area (Å²) in [6, 6.07) is 9.54. The molecule has 32 heavy (non-hydrogen) atoms. The van der Waals surface area contributed by atoms with E-state index in [-0.39, 0.29) is 41.5 Å². The normalized spacial score (nSPS) is 24.4. The third-order valence-electron chi connectivity index (χ3n) is 6.67. The zero-order valence-electron chi connectivity index (χ0n) is 17.4. The van der Waals surface area contributed by atoms with Crippen molar-refractivity contribution >= 4 is 23.1 Å². The van der Waals surface area contributed by atoms with E-state index < -0.39 is 11.9 Å². The van der Waals surface area contributed by atoms with Crippen LogP contribution in [0.1, 0.15) is 42.0 Å². The van der Waals surface area contributed by atoms with E-state index in [1.54, 1.807) is 0 Å². The first-order valence-electron chi connectivity index (χ1n) is 10.8. The van der Waals surface area contributed by atoms with Gasteiger partial charge in [0.2, 0.25) is 0 Å². The number of rotatable bonds is 4. The highest BCUT2D eigenvalue weighted by atomic mass is 19.4. The molecule has 1 aliphatic carbocycles. The number of hydrogen-bond donors (Lipinski definition) is 2. The number of nitrogens with one attached hydrogen (secondary N) is 1. The largest absolute Gasteiger partial charge is 0.431 e. The molecule has 1 saturated heterocycles. The van der Waals surface area contributed by atoms with Crippen molar-refractivity contribution in [1.29, 1.82) is 0 Å². The number of nitrogens with zero attached hydrogens (tertiary/aromatic N) is 4. The summed E-state index contributed by atoms with van der Waals surface area (Å²) in [5.41, 5.74) is 1.67. The Morgan fingerprint density at radius 3 is 2.88 bits per heavy atom. The minimum Gasteiger partial charge on any atom is -0.395 e. The summed E-state index contributed by atoms with van der Waals surface area (Å²) in [7, 11) is 0. The smallest absolute Gasteiger partial charge is 0.395 e. The number of hydrogen-bond acceptors (Lipinski definition) is 5. The molecular formula is C23H24F3N5O. The van der Waals surface area contributed by atoms with E-state index in [1.165, 1.54) is 17.5 Å². The van der Waals surface area contributed by atoms with Gasteiger partial charge in [-0.25, -0.2) is 15.0 Å². The predicted molar refractivity (Wildman–Crippen MR) is 115 cm³/mol. The van der Waals surface area contributed by atoms with E-state index in [0.717, 1.165) is 38.3 Å². The lowest BCUT2D eigenvalue weighted by molar-refractivity contribution is -0.140. The molecule has 2 aromatic heterocycles. The van der Waals surface area contributed by atoms with Crippen LogP contribution in [0.25, 0.3) is 11.0 Å². The van der Waals surface area contributed by atoms with E-state index >= 15 is 0 Å². The van der Waals surface area contributed by atoms with Crippen LogP contribution in [-0.4, -0.2) is 56.4 Å². The summed E-state index contributed by atoms with van der Waals surface area (Å²) < 4.78 is 39.5. The number of halogens is 3. The Labute approximate surface area is 183 Å². The molecule has 1 unspecified atom stereocenters. The predicted octanol–water partition coefficient (Wildman–Crippen LogP) is 4.23. The van der Waals surface area contributed by atoms with Crippen LogP contribution < -0.4 is 0 Å².